The standard InChI is InChI=1S/C17H20N6OS/c1-11-7-9-22(10-8-11)14-5-3-13(4-6-14)18-15(24)16-21-23-12(2)19-20-17(23)25-16/h3-6,11H,7-10H2,1-2H3,(H,18,24). The maximum absolute atomic E-state index is 12.4. The van der Waals surface area contributed by atoms with E-state index in [9.17, 15) is 4.79 Å². The van der Waals surface area contributed by atoms with Crippen molar-refractivity contribution < 1.29 is 4.79 Å². The number of rotatable bonds is 3. The van der Waals surface area contributed by atoms with Gasteiger partial charge in [-0.3, -0.25) is 4.79 Å². The largest absolute Gasteiger partial charge is 0.372 e. The molecule has 0 bridgehead atoms. The summed E-state index contributed by atoms with van der Waals surface area (Å²) in [6.45, 7) is 6.31. The van der Waals surface area contributed by atoms with Crippen LogP contribution in [0, 0.1) is 12.8 Å². The van der Waals surface area contributed by atoms with Crippen molar-refractivity contribution in [3.8, 4) is 0 Å². The predicted octanol–water partition coefficient (Wildman–Crippen LogP) is 2.98. The normalized spacial score (nSPS) is 15.7. The third kappa shape index (κ3) is 3.21. The molecular weight excluding hydrogens is 336 g/mol. The SMILES string of the molecule is Cc1nnc2sc(C(=O)Nc3ccc(N4CCC(C)CC4)cc3)nn12. The number of piperidine rings is 1. The second-order valence-electron chi connectivity index (χ2n) is 6.52. The van der Waals surface area contributed by atoms with Crippen molar-refractivity contribution in [2.75, 3.05) is 23.3 Å². The van der Waals surface area contributed by atoms with Gasteiger partial charge in [0.05, 0.1) is 0 Å². The van der Waals surface area contributed by atoms with E-state index in [-0.39, 0.29) is 5.91 Å². The van der Waals surface area contributed by atoms with Crippen LogP contribution in [0.4, 0.5) is 11.4 Å². The Morgan fingerprint density at radius 1 is 1.20 bits per heavy atom. The first-order chi connectivity index (χ1) is 12.1. The van der Waals surface area contributed by atoms with Crippen molar-refractivity contribution in [3.05, 3.63) is 35.1 Å². The van der Waals surface area contributed by atoms with Crippen LogP contribution in [0.1, 0.15) is 35.4 Å². The maximum Gasteiger partial charge on any atom is 0.286 e. The lowest BCUT2D eigenvalue weighted by molar-refractivity contribution is 0.102. The van der Waals surface area contributed by atoms with Crippen LogP contribution in [0.25, 0.3) is 4.96 Å². The highest BCUT2D eigenvalue weighted by molar-refractivity contribution is 7.18. The summed E-state index contributed by atoms with van der Waals surface area (Å²) in [6, 6.07) is 8.01. The van der Waals surface area contributed by atoms with E-state index < -0.39 is 0 Å². The summed E-state index contributed by atoms with van der Waals surface area (Å²) in [5.41, 5.74) is 1.97. The number of aryl methyl sites for hydroxylation is 1. The van der Waals surface area contributed by atoms with E-state index in [0.717, 1.165) is 24.7 Å². The summed E-state index contributed by atoms with van der Waals surface area (Å²) in [6.07, 6.45) is 2.47. The van der Waals surface area contributed by atoms with Crippen molar-refractivity contribution in [2.24, 2.45) is 5.92 Å². The highest BCUT2D eigenvalue weighted by atomic mass is 32.1. The summed E-state index contributed by atoms with van der Waals surface area (Å²) in [7, 11) is 0. The first kappa shape index (κ1) is 16.0. The predicted molar refractivity (Wildman–Crippen MR) is 98.4 cm³/mol. The molecule has 0 aliphatic carbocycles. The quantitative estimate of drug-likeness (QED) is 0.781. The third-order valence-corrected chi connectivity index (χ3v) is 5.51. The van der Waals surface area contributed by atoms with Gasteiger partial charge in [-0.2, -0.15) is 4.52 Å². The molecule has 1 aliphatic heterocycles. The molecule has 0 atom stereocenters. The van der Waals surface area contributed by atoms with Gasteiger partial charge in [-0.25, -0.2) is 0 Å². The molecule has 4 rings (SSSR count). The van der Waals surface area contributed by atoms with E-state index in [2.05, 4.69) is 44.6 Å². The van der Waals surface area contributed by atoms with Gasteiger partial charge < -0.3 is 10.2 Å². The van der Waals surface area contributed by atoms with Crippen LogP contribution in [0.3, 0.4) is 0 Å². The number of nitrogens with zero attached hydrogens (tertiary/aromatic N) is 5. The lowest BCUT2D eigenvalue weighted by Crippen LogP contribution is -2.32. The number of hydrogen-bond acceptors (Lipinski definition) is 6. The van der Waals surface area contributed by atoms with Gasteiger partial charge in [0.2, 0.25) is 9.97 Å². The molecule has 1 saturated heterocycles. The molecule has 1 aromatic carbocycles. The van der Waals surface area contributed by atoms with Gasteiger partial charge in [-0.05, 0) is 49.9 Å². The molecule has 1 aliphatic rings. The van der Waals surface area contributed by atoms with Crippen LogP contribution in [0.2, 0.25) is 0 Å². The second kappa shape index (κ2) is 6.44. The topological polar surface area (TPSA) is 75.4 Å². The van der Waals surface area contributed by atoms with Gasteiger partial charge in [0.15, 0.2) is 5.82 Å². The molecule has 130 valence electrons. The average Bonchev–Trinajstić information content (AvgIpc) is 3.19. The number of fused-ring (bicyclic) bond motifs is 1. The molecule has 3 heterocycles. The minimum atomic E-state index is -0.227. The van der Waals surface area contributed by atoms with Crippen LogP contribution in [0.5, 0.6) is 0 Å². The first-order valence-corrected chi connectivity index (χ1v) is 9.27. The Morgan fingerprint density at radius 3 is 2.60 bits per heavy atom. The Kier molecular flexibility index (Phi) is 4.12. The van der Waals surface area contributed by atoms with Crippen molar-refractivity contribution in [1.29, 1.82) is 0 Å². The number of carbonyl (C=O) groups excluding carboxylic acids is 1. The Morgan fingerprint density at radius 2 is 1.92 bits per heavy atom. The zero-order valence-corrected chi connectivity index (χ0v) is 15.1. The second-order valence-corrected chi connectivity index (χ2v) is 7.48. The molecule has 0 radical (unpaired) electrons. The molecule has 0 saturated carbocycles. The molecule has 2 aromatic heterocycles. The Labute approximate surface area is 149 Å². The van der Waals surface area contributed by atoms with E-state index in [0.29, 0.717) is 15.8 Å². The molecular formula is C17H20N6OS. The molecule has 0 unspecified atom stereocenters. The van der Waals surface area contributed by atoms with Crippen LogP contribution in [0.15, 0.2) is 24.3 Å². The van der Waals surface area contributed by atoms with Gasteiger partial charge in [-0.1, -0.05) is 18.3 Å². The summed E-state index contributed by atoms with van der Waals surface area (Å²) in [5, 5.41) is 15.4. The molecule has 1 N–H and O–H groups in total. The highest BCUT2D eigenvalue weighted by Gasteiger charge is 2.17. The molecule has 3 aromatic rings. The molecule has 1 amide bonds. The van der Waals surface area contributed by atoms with Gasteiger partial charge in [-0.15, -0.1) is 15.3 Å². The lowest BCUT2D eigenvalue weighted by atomic mass is 9.99. The number of carbonyl (C=O) groups is 1. The highest BCUT2D eigenvalue weighted by Crippen LogP contribution is 2.24. The smallest absolute Gasteiger partial charge is 0.286 e. The molecule has 0 spiro atoms. The summed E-state index contributed by atoms with van der Waals surface area (Å²) in [4.78, 5) is 15.4. The van der Waals surface area contributed by atoms with Crippen LogP contribution >= 0.6 is 11.3 Å². The zero-order valence-electron chi connectivity index (χ0n) is 14.3. The maximum atomic E-state index is 12.4. The summed E-state index contributed by atoms with van der Waals surface area (Å²) < 4.78 is 1.58. The summed E-state index contributed by atoms with van der Waals surface area (Å²) >= 11 is 1.23. The fourth-order valence-electron chi connectivity index (χ4n) is 3.01. The van der Waals surface area contributed by atoms with Gasteiger partial charge >= 0.3 is 0 Å². The van der Waals surface area contributed by atoms with E-state index in [1.165, 1.54) is 29.9 Å². The van der Waals surface area contributed by atoms with Crippen LogP contribution in [-0.4, -0.2) is 38.8 Å². The molecule has 7 nitrogen and oxygen atoms in total. The average molecular weight is 356 g/mol. The van der Waals surface area contributed by atoms with Crippen molar-refractivity contribution in [1.82, 2.24) is 19.8 Å². The van der Waals surface area contributed by atoms with Gasteiger partial charge in [0.25, 0.3) is 5.91 Å². The van der Waals surface area contributed by atoms with Gasteiger partial charge in [0.1, 0.15) is 0 Å². The Hall–Kier alpha value is -2.48. The first-order valence-electron chi connectivity index (χ1n) is 8.45. The van der Waals surface area contributed by atoms with E-state index in [1.54, 1.807) is 4.52 Å². The van der Waals surface area contributed by atoms with E-state index in [4.69, 9.17) is 0 Å². The van der Waals surface area contributed by atoms with Crippen LogP contribution < -0.4 is 10.2 Å². The zero-order chi connectivity index (χ0) is 17.4. The molecule has 8 heteroatoms. The van der Waals surface area contributed by atoms with Gasteiger partial charge in [0, 0.05) is 24.5 Å². The minimum Gasteiger partial charge on any atom is -0.372 e. The Balaban J connectivity index is 1.44. The third-order valence-electron chi connectivity index (χ3n) is 4.61. The number of hydrogen-bond donors (Lipinski definition) is 1. The Bertz CT molecular complexity index is 892. The molecule has 1 fully saturated rings. The van der Waals surface area contributed by atoms with Crippen molar-refractivity contribution in [2.45, 2.75) is 26.7 Å². The number of amides is 1. The summed E-state index contributed by atoms with van der Waals surface area (Å²) in [5.74, 6) is 1.26. The number of nitrogens with one attached hydrogen (secondary N) is 1. The monoisotopic (exact) mass is 356 g/mol. The van der Waals surface area contributed by atoms with Crippen molar-refractivity contribution in [3.63, 3.8) is 0 Å². The fourth-order valence-corrected chi connectivity index (χ4v) is 3.79. The van der Waals surface area contributed by atoms with E-state index in [1.807, 2.05) is 19.1 Å². The van der Waals surface area contributed by atoms with Crippen LogP contribution in [-0.2, 0) is 0 Å². The van der Waals surface area contributed by atoms with Crippen molar-refractivity contribution >= 4 is 33.6 Å². The number of anilines is 2. The minimum absolute atomic E-state index is 0.227. The number of benzene rings is 1. The molecule has 25 heavy (non-hydrogen) atoms. The lowest BCUT2D eigenvalue weighted by Gasteiger charge is -2.32. The fraction of sp³-hybridized carbons (Fsp3) is 0.412. The van der Waals surface area contributed by atoms with E-state index >= 15 is 0 Å². The number of aromatic nitrogens is 4.